The Morgan fingerprint density at radius 2 is 1.70 bits per heavy atom. The molecule has 1 atom stereocenters. The first-order valence-corrected chi connectivity index (χ1v) is 13.7. The Hall–Kier alpha value is -3.48. The Bertz CT molecular complexity index is 1360. The second-order valence-corrected chi connectivity index (χ2v) is 10.6. The second kappa shape index (κ2) is 11.7. The first-order valence-electron chi connectivity index (χ1n) is 12.8. The number of benzene rings is 3. The first kappa shape index (κ1) is 25.2. The zero-order chi connectivity index (χ0) is 25.6. The van der Waals surface area contributed by atoms with Crippen LogP contribution in [0.3, 0.4) is 0 Å². The molecule has 2 heterocycles. The molecule has 5 nitrogen and oxygen atoms in total. The fraction of sp³-hybridized carbons (Fsp3) is 0.290. The topological polar surface area (TPSA) is 49.9 Å². The fourth-order valence-electron chi connectivity index (χ4n) is 4.80. The molecule has 0 saturated carbocycles. The third kappa shape index (κ3) is 6.27. The maximum absolute atomic E-state index is 13.8. The molecule has 0 spiro atoms. The summed E-state index contributed by atoms with van der Waals surface area (Å²) in [5.74, 6) is -0.203. The van der Waals surface area contributed by atoms with Crippen molar-refractivity contribution in [1.82, 2.24) is 9.80 Å². The molecule has 1 saturated heterocycles. The standard InChI is InChI=1S/C31H32N2O3S/c1-23-15-17-37-29(23)21-32(19-24-8-3-2-4-9-24)30(34)22-33(20-28-12-7-16-36-28)31(35)27-14-13-25-10-5-6-11-26(25)18-27/h2-6,8-11,13-15,17-18,28H,7,12,16,19-22H2,1H3. The first-order chi connectivity index (χ1) is 18.1. The third-order valence-corrected chi connectivity index (χ3v) is 7.94. The number of amides is 2. The van der Waals surface area contributed by atoms with E-state index in [4.69, 9.17) is 4.74 Å². The van der Waals surface area contributed by atoms with Crippen LogP contribution in [0, 0.1) is 6.92 Å². The minimum Gasteiger partial charge on any atom is -0.376 e. The van der Waals surface area contributed by atoms with Crippen LogP contribution in [0.25, 0.3) is 10.8 Å². The molecule has 0 bridgehead atoms. The number of nitrogens with zero attached hydrogens (tertiary/aromatic N) is 2. The van der Waals surface area contributed by atoms with Crippen LogP contribution in [0.5, 0.6) is 0 Å². The molecule has 3 aromatic carbocycles. The van der Waals surface area contributed by atoms with Gasteiger partial charge in [-0.1, -0.05) is 60.7 Å². The summed E-state index contributed by atoms with van der Waals surface area (Å²) in [5.41, 5.74) is 2.84. The number of hydrogen-bond acceptors (Lipinski definition) is 4. The Morgan fingerprint density at radius 1 is 0.919 bits per heavy atom. The van der Waals surface area contributed by atoms with Crippen molar-refractivity contribution in [3.05, 3.63) is 106 Å². The van der Waals surface area contributed by atoms with E-state index in [1.165, 1.54) is 5.56 Å². The number of aryl methyl sites for hydroxylation is 1. The van der Waals surface area contributed by atoms with Crippen molar-refractivity contribution in [2.24, 2.45) is 0 Å². The van der Waals surface area contributed by atoms with Gasteiger partial charge in [-0.25, -0.2) is 0 Å². The highest BCUT2D eigenvalue weighted by molar-refractivity contribution is 7.10. The molecule has 1 unspecified atom stereocenters. The van der Waals surface area contributed by atoms with E-state index in [9.17, 15) is 9.59 Å². The van der Waals surface area contributed by atoms with Crippen LogP contribution < -0.4 is 0 Å². The van der Waals surface area contributed by atoms with Crippen molar-refractivity contribution in [3.8, 4) is 0 Å². The fourth-order valence-corrected chi connectivity index (χ4v) is 5.72. The van der Waals surface area contributed by atoms with Gasteiger partial charge in [-0.15, -0.1) is 11.3 Å². The number of thiophene rings is 1. The van der Waals surface area contributed by atoms with E-state index in [2.05, 4.69) is 18.4 Å². The van der Waals surface area contributed by atoms with Gasteiger partial charge in [-0.05, 0) is 65.2 Å². The summed E-state index contributed by atoms with van der Waals surface area (Å²) in [6.07, 6.45) is 1.84. The summed E-state index contributed by atoms with van der Waals surface area (Å²) in [5, 5.41) is 4.15. The quantitative estimate of drug-likeness (QED) is 0.274. The van der Waals surface area contributed by atoms with E-state index in [-0.39, 0.29) is 24.5 Å². The number of ether oxygens (including phenoxy) is 1. The molecule has 1 aliphatic rings. The van der Waals surface area contributed by atoms with Gasteiger partial charge in [0.2, 0.25) is 5.91 Å². The molecule has 6 heteroatoms. The third-order valence-electron chi connectivity index (χ3n) is 6.93. The highest BCUT2D eigenvalue weighted by Gasteiger charge is 2.27. The monoisotopic (exact) mass is 512 g/mol. The van der Waals surface area contributed by atoms with Gasteiger partial charge in [-0.2, -0.15) is 0 Å². The molecule has 190 valence electrons. The van der Waals surface area contributed by atoms with Crippen LogP contribution in [0.2, 0.25) is 0 Å². The predicted molar refractivity (Wildman–Crippen MR) is 149 cm³/mol. The molecule has 4 aromatic rings. The lowest BCUT2D eigenvalue weighted by atomic mass is 10.1. The van der Waals surface area contributed by atoms with E-state index in [0.717, 1.165) is 34.1 Å². The minimum atomic E-state index is -0.137. The Labute approximate surface area is 222 Å². The van der Waals surface area contributed by atoms with Crippen molar-refractivity contribution in [3.63, 3.8) is 0 Å². The summed E-state index contributed by atoms with van der Waals surface area (Å²) in [4.78, 5) is 32.3. The molecule has 0 radical (unpaired) electrons. The SMILES string of the molecule is Cc1ccsc1CN(Cc1ccccc1)C(=O)CN(CC1CCCO1)C(=O)c1ccc2ccccc2c1. The lowest BCUT2D eigenvalue weighted by Crippen LogP contribution is -2.45. The number of fused-ring (bicyclic) bond motifs is 1. The Morgan fingerprint density at radius 3 is 2.43 bits per heavy atom. The van der Waals surface area contributed by atoms with Crippen LogP contribution in [0.1, 0.15) is 39.2 Å². The van der Waals surface area contributed by atoms with E-state index in [1.807, 2.05) is 77.7 Å². The molecule has 1 aromatic heterocycles. The average molecular weight is 513 g/mol. The number of rotatable bonds is 9. The van der Waals surface area contributed by atoms with Gasteiger partial charge in [0.1, 0.15) is 6.54 Å². The Kier molecular flexibility index (Phi) is 7.97. The van der Waals surface area contributed by atoms with E-state index in [0.29, 0.717) is 31.8 Å². The van der Waals surface area contributed by atoms with Crippen LogP contribution in [0.15, 0.2) is 84.2 Å². The van der Waals surface area contributed by atoms with Gasteiger partial charge in [0.25, 0.3) is 5.91 Å². The largest absolute Gasteiger partial charge is 0.376 e. The summed E-state index contributed by atoms with van der Waals surface area (Å²) in [6, 6.07) is 25.8. The van der Waals surface area contributed by atoms with Gasteiger partial charge in [0, 0.05) is 30.1 Å². The van der Waals surface area contributed by atoms with Crippen molar-refractivity contribution in [2.75, 3.05) is 19.7 Å². The molecule has 0 N–H and O–H groups in total. The highest BCUT2D eigenvalue weighted by atomic mass is 32.1. The van der Waals surface area contributed by atoms with E-state index >= 15 is 0 Å². The van der Waals surface area contributed by atoms with Gasteiger partial charge in [0.15, 0.2) is 0 Å². The van der Waals surface area contributed by atoms with Gasteiger partial charge in [-0.3, -0.25) is 9.59 Å². The zero-order valence-electron chi connectivity index (χ0n) is 21.1. The number of hydrogen-bond donors (Lipinski definition) is 0. The average Bonchev–Trinajstić information content (AvgIpc) is 3.59. The van der Waals surface area contributed by atoms with Crippen LogP contribution in [-0.2, 0) is 22.6 Å². The summed E-state index contributed by atoms with van der Waals surface area (Å²) in [7, 11) is 0. The molecule has 5 rings (SSSR count). The molecule has 1 fully saturated rings. The zero-order valence-corrected chi connectivity index (χ0v) is 22.0. The predicted octanol–water partition coefficient (Wildman–Crippen LogP) is 6.06. The Balaban J connectivity index is 1.40. The summed E-state index contributed by atoms with van der Waals surface area (Å²) < 4.78 is 5.86. The molecule has 37 heavy (non-hydrogen) atoms. The minimum absolute atomic E-state index is 0.0166. The highest BCUT2D eigenvalue weighted by Crippen LogP contribution is 2.22. The number of carbonyl (C=O) groups is 2. The molecule has 1 aliphatic heterocycles. The van der Waals surface area contributed by atoms with Gasteiger partial charge in [0.05, 0.1) is 12.6 Å². The van der Waals surface area contributed by atoms with Crippen molar-refractivity contribution >= 4 is 33.9 Å². The van der Waals surface area contributed by atoms with Gasteiger partial charge >= 0.3 is 0 Å². The summed E-state index contributed by atoms with van der Waals surface area (Å²) in [6.45, 7) is 4.22. The number of carbonyl (C=O) groups excluding carboxylic acids is 2. The van der Waals surface area contributed by atoms with Crippen molar-refractivity contribution in [2.45, 2.75) is 39.0 Å². The van der Waals surface area contributed by atoms with E-state index < -0.39 is 0 Å². The van der Waals surface area contributed by atoms with E-state index in [1.54, 1.807) is 16.2 Å². The molecular formula is C31H32N2O3S. The maximum Gasteiger partial charge on any atom is 0.254 e. The van der Waals surface area contributed by atoms with Crippen LogP contribution in [0.4, 0.5) is 0 Å². The normalized spacial score (nSPS) is 15.1. The molecular weight excluding hydrogens is 480 g/mol. The lowest BCUT2D eigenvalue weighted by molar-refractivity contribution is -0.133. The van der Waals surface area contributed by atoms with Crippen molar-refractivity contribution in [1.29, 1.82) is 0 Å². The smallest absolute Gasteiger partial charge is 0.254 e. The van der Waals surface area contributed by atoms with Crippen LogP contribution in [-0.4, -0.2) is 47.4 Å². The summed E-state index contributed by atoms with van der Waals surface area (Å²) >= 11 is 1.66. The van der Waals surface area contributed by atoms with Crippen LogP contribution >= 0.6 is 11.3 Å². The van der Waals surface area contributed by atoms with Gasteiger partial charge < -0.3 is 14.5 Å². The molecule has 0 aliphatic carbocycles. The molecule has 2 amide bonds. The van der Waals surface area contributed by atoms with Crippen molar-refractivity contribution < 1.29 is 14.3 Å². The lowest BCUT2D eigenvalue weighted by Gasteiger charge is -2.29. The second-order valence-electron chi connectivity index (χ2n) is 9.64. The maximum atomic E-state index is 13.8.